The van der Waals surface area contributed by atoms with E-state index < -0.39 is 11.6 Å². The number of hydrogen-bond acceptors (Lipinski definition) is 3. The highest BCUT2D eigenvalue weighted by Gasteiger charge is 2.32. The van der Waals surface area contributed by atoms with Crippen LogP contribution >= 0.6 is 0 Å². The maximum absolute atomic E-state index is 11.7. The van der Waals surface area contributed by atoms with Crippen LogP contribution in [0.25, 0.3) is 5.76 Å². The van der Waals surface area contributed by atoms with Gasteiger partial charge in [-0.1, -0.05) is 25.1 Å². The smallest absolute Gasteiger partial charge is 0.233 e. The highest BCUT2D eigenvalue weighted by Crippen LogP contribution is 2.37. The Bertz CT molecular complexity index is 540. The summed E-state index contributed by atoms with van der Waals surface area (Å²) in [5, 5.41) is 0. The number of allylic oxidation sites excluding steroid dienone is 1. The van der Waals surface area contributed by atoms with Gasteiger partial charge in [0, 0.05) is 23.1 Å². The molecule has 1 atom stereocenters. The van der Waals surface area contributed by atoms with Gasteiger partial charge in [-0.15, -0.1) is 0 Å². The van der Waals surface area contributed by atoms with Gasteiger partial charge in [0.2, 0.25) is 11.6 Å². The maximum atomic E-state index is 11.7. The standard InChI is InChI=1S/C13H10O3/c1-7-6-16-11-5-10(14)13(15)9-4-2-3-8(7)12(9)11/h2-5,7H,6H2,1H3. The molecule has 0 spiro atoms. The lowest BCUT2D eigenvalue weighted by atomic mass is 9.84. The Kier molecular flexibility index (Phi) is 1.78. The molecule has 0 saturated carbocycles. The average Bonchev–Trinajstić information content (AvgIpc) is 2.30. The number of rotatable bonds is 0. The second-order valence-corrected chi connectivity index (χ2v) is 4.18. The molecule has 80 valence electrons. The molecule has 0 bridgehead atoms. The van der Waals surface area contributed by atoms with E-state index in [9.17, 15) is 9.59 Å². The van der Waals surface area contributed by atoms with Crippen LogP contribution < -0.4 is 0 Å². The Morgan fingerprint density at radius 1 is 1.31 bits per heavy atom. The summed E-state index contributed by atoms with van der Waals surface area (Å²) in [5.41, 5.74) is 2.38. The van der Waals surface area contributed by atoms with Crippen LogP contribution in [0.15, 0.2) is 24.3 Å². The third kappa shape index (κ3) is 1.08. The molecule has 1 unspecified atom stereocenters. The molecule has 0 saturated heterocycles. The minimum Gasteiger partial charge on any atom is -0.492 e. The molecule has 1 heterocycles. The predicted octanol–water partition coefficient (Wildman–Crippen LogP) is 1.93. The van der Waals surface area contributed by atoms with Crippen LogP contribution in [0.1, 0.15) is 34.3 Å². The summed E-state index contributed by atoms with van der Waals surface area (Å²) in [6.07, 6.45) is 1.31. The molecule has 0 N–H and O–H groups in total. The van der Waals surface area contributed by atoms with E-state index >= 15 is 0 Å². The molecule has 1 aromatic rings. The van der Waals surface area contributed by atoms with Crippen molar-refractivity contribution in [3.05, 3.63) is 41.0 Å². The van der Waals surface area contributed by atoms with Crippen molar-refractivity contribution >= 4 is 17.3 Å². The first-order valence-electron chi connectivity index (χ1n) is 5.25. The van der Waals surface area contributed by atoms with Crippen molar-refractivity contribution < 1.29 is 14.3 Å². The van der Waals surface area contributed by atoms with E-state index in [-0.39, 0.29) is 5.92 Å². The molecule has 0 fully saturated rings. The monoisotopic (exact) mass is 214 g/mol. The van der Waals surface area contributed by atoms with E-state index in [2.05, 4.69) is 0 Å². The van der Waals surface area contributed by atoms with E-state index in [1.54, 1.807) is 6.07 Å². The van der Waals surface area contributed by atoms with Gasteiger partial charge < -0.3 is 4.74 Å². The summed E-state index contributed by atoms with van der Waals surface area (Å²) in [7, 11) is 0. The highest BCUT2D eigenvalue weighted by atomic mass is 16.5. The third-order valence-corrected chi connectivity index (χ3v) is 3.09. The molecule has 0 aromatic heterocycles. The van der Waals surface area contributed by atoms with Gasteiger partial charge in [0.05, 0.1) is 6.61 Å². The van der Waals surface area contributed by atoms with Crippen molar-refractivity contribution in [2.24, 2.45) is 0 Å². The number of ether oxygens (including phenoxy) is 1. The molecule has 2 aliphatic rings. The second kappa shape index (κ2) is 3.04. The topological polar surface area (TPSA) is 43.4 Å². The molecule has 1 aliphatic heterocycles. The second-order valence-electron chi connectivity index (χ2n) is 4.18. The molecule has 0 radical (unpaired) electrons. The molecular weight excluding hydrogens is 204 g/mol. The van der Waals surface area contributed by atoms with Gasteiger partial charge in [0.25, 0.3) is 0 Å². The summed E-state index contributed by atoms with van der Waals surface area (Å²) >= 11 is 0. The molecule has 3 heteroatoms. The van der Waals surface area contributed by atoms with Crippen molar-refractivity contribution in [2.75, 3.05) is 6.61 Å². The van der Waals surface area contributed by atoms with Gasteiger partial charge in [0.15, 0.2) is 0 Å². The number of Topliss-reactive ketones (excluding diaryl/α,β-unsaturated/α-hetero) is 1. The zero-order valence-corrected chi connectivity index (χ0v) is 8.82. The molecular formula is C13H10O3. The van der Waals surface area contributed by atoms with E-state index in [1.165, 1.54) is 6.08 Å². The van der Waals surface area contributed by atoms with Crippen molar-refractivity contribution in [1.29, 1.82) is 0 Å². The zero-order chi connectivity index (χ0) is 11.3. The lowest BCUT2D eigenvalue weighted by Crippen LogP contribution is -2.25. The Labute approximate surface area is 92.7 Å². The first-order valence-corrected chi connectivity index (χ1v) is 5.25. The van der Waals surface area contributed by atoms with E-state index in [1.807, 2.05) is 19.1 Å². The number of carbonyl (C=O) groups excluding carboxylic acids is 2. The average molecular weight is 214 g/mol. The molecule has 3 rings (SSSR count). The Balaban J connectivity index is 2.34. The van der Waals surface area contributed by atoms with Gasteiger partial charge in [-0.3, -0.25) is 9.59 Å². The highest BCUT2D eigenvalue weighted by molar-refractivity contribution is 6.50. The van der Waals surface area contributed by atoms with Gasteiger partial charge in [-0.25, -0.2) is 0 Å². The third-order valence-electron chi connectivity index (χ3n) is 3.09. The first-order chi connectivity index (χ1) is 7.68. The molecule has 0 amide bonds. The van der Waals surface area contributed by atoms with Crippen LogP contribution in [-0.2, 0) is 9.53 Å². The van der Waals surface area contributed by atoms with E-state index in [4.69, 9.17) is 4.74 Å². The Morgan fingerprint density at radius 3 is 2.94 bits per heavy atom. The zero-order valence-electron chi connectivity index (χ0n) is 8.82. The molecule has 16 heavy (non-hydrogen) atoms. The molecule has 1 aromatic carbocycles. The van der Waals surface area contributed by atoms with Crippen molar-refractivity contribution in [3.63, 3.8) is 0 Å². The fraction of sp³-hybridized carbons (Fsp3) is 0.231. The minimum atomic E-state index is -0.491. The number of benzene rings is 1. The van der Waals surface area contributed by atoms with E-state index in [0.29, 0.717) is 17.9 Å². The predicted molar refractivity (Wildman–Crippen MR) is 58.1 cm³/mol. The Hall–Kier alpha value is -1.90. The van der Waals surface area contributed by atoms with Crippen molar-refractivity contribution in [1.82, 2.24) is 0 Å². The van der Waals surface area contributed by atoms with Crippen LogP contribution in [0.2, 0.25) is 0 Å². The number of hydrogen-bond donors (Lipinski definition) is 0. The van der Waals surface area contributed by atoms with Gasteiger partial charge in [-0.2, -0.15) is 0 Å². The van der Waals surface area contributed by atoms with Crippen LogP contribution in [0.5, 0.6) is 0 Å². The molecule has 1 aliphatic carbocycles. The van der Waals surface area contributed by atoms with Crippen LogP contribution in [0.3, 0.4) is 0 Å². The lowest BCUT2D eigenvalue weighted by Gasteiger charge is -2.28. The van der Waals surface area contributed by atoms with Crippen molar-refractivity contribution in [3.8, 4) is 0 Å². The summed E-state index contributed by atoms with van der Waals surface area (Å²) < 4.78 is 5.50. The van der Waals surface area contributed by atoms with Crippen LogP contribution in [0, 0.1) is 0 Å². The van der Waals surface area contributed by atoms with Crippen molar-refractivity contribution in [2.45, 2.75) is 12.8 Å². The Morgan fingerprint density at radius 2 is 2.12 bits per heavy atom. The summed E-state index contributed by atoms with van der Waals surface area (Å²) in [6, 6.07) is 5.50. The summed E-state index contributed by atoms with van der Waals surface area (Å²) in [4.78, 5) is 23.1. The number of carbonyl (C=O) groups is 2. The fourth-order valence-electron chi connectivity index (χ4n) is 2.25. The fourth-order valence-corrected chi connectivity index (χ4v) is 2.25. The normalized spacial score (nSPS) is 22.3. The van der Waals surface area contributed by atoms with Gasteiger partial charge in [-0.05, 0) is 5.56 Å². The minimum absolute atomic E-state index is 0.258. The summed E-state index contributed by atoms with van der Waals surface area (Å²) in [5.74, 6) is -0.117. The SMILES string of the molecule is CC1COC2=CC(=O)C(=O)c3cccc1c32. The summed E-state index contributed by atoms with van der Waals surface area (Å²) in [6.45, 7) is 2.61. The largest absolute Gasteiger partial charge is 0.492 e. The van der Waals surface area contributed by atoms with Gasteiger partial charge >= 0.3 is 0 Å². The van der Waals surface area contributed by atoms with Gasteiger partial charge in [0.1, 0.15) is 5.76 Å². The molecule has 3 nitrogen and oxygen atoms in total. The quantitative estimate of drug-likeness (QED) is 0.620. The lowest BCUT2D eigenvalue weighted by molar-refractivity contribution is -0.111. The van der Waals surface area contributed by atoms with E-state index in [0.717, 1.165) is 11.1 Å². The number of ketones is 2. The van der Waals surface area contributed by atoms with Crippen LogP contribution in [0.4, 0.5) is 0 Å². The maximum Gasteiger partial charge on any atom is 0.233 e. The van der Waals surface area contributed by atoms with Crippen LogP contribution in [-0.4, -0.2) is 18.2 Å². The first kappa shape index (κ1) is 9.33.